The van der Waals surface area contributed by atoms with Crippen molar-refractivity contribution in [3.05, 3.63) is 24.0 Å². The maximum atomic E-state index is 4.28. The van der Waals surface area contributed by atoms with Gasteiger partial charge in [0.1, 0.15) is 0 Å². The number of pyridine rings is 1. The summed E-state index contributed by atoms with van der Waals surface area (Å²) in [6, 6.07) is 2.24. The van der Waals surface area contributed by atoms with Gasteiger partial charge in [0.2, 0.25) is 0 Å². The van der Waals surface area contributed by atoms with Crippen LogP contribution in [0, 0.1) is 0 Å². The lowest BCUT2D eigenvalue weighted by atomic mass is 10.1. The molecule has 0 aliphatic rings. The Kier molecular flexibility index (Phi) is 3.93. The molecule has 0 aromatic carbocycles. The minimum absolute atomic E-state index is 0.554. The van der Waals surface area contributed by atoms with E-state index in [0.29, 0.717) is 5.92 Å². The molecule has 1 aromatic rings. The van der Waals surface area contributed by atoms with E-state index in [4.69, 9.17) is 0 Å². The smallest absolute Gasteiger partial charge is 0.0555 e. The summed E-state index contributed by atoms with van der Waals surface area (Å²) in [6.45, 7) is 10.8. The first kappa shape index (κ1) is 11.0. The molecule has 0 spiro atoms. The van der Waals surface area contributed by atoms with Gasteiger partial charge in [0.05, 0.1) is 11.9 Å². The maximum Gasteiger partial charge on any atom is 0.0555 e. The molecule has 2 heteroatoms. The molecule has 1 rings (SSSR count). The fraction of sp³-hybridized carbons (Fsp3) is 0.583. The summed E-state index contributed by atoms with van der Waals surface area (Å²) >= 11 is 0. The molecule has 0 amide bonds. The zero-order valence-corrected chi connectivity index (χ0v) is 9.62. The molecule has 1 aromatic heterocycles. The molecule has 0 saturated carbocycles. The second-order valence-corrected chi connectivity index (χ2v) is 3.80. The van der Waals surface area contributed by atoms with Crippen molar-refractivity contribution in [3.8, 4) is 0 Å². The average molecular weight is 192 g/mol. The van der Waals surface area contributed by atoms with Crippen LogP contribution in [0.5, 0.6) is 0 Å². The highest BCUT2D eigenvalue weighted by molar-refractivity contribution is 5.46. The molecule has 0 fully saturated rings. The zero-order valence-electron chi connectivity index (χ0n) is 9.62. The van der Waals surface area contributed by atoms with Crippen LogP contribution in [0.25, 0.3) is 0 Å². The summed E-state index contributed by atoms with van der Waals surface area (Å²) in [7, 11) is 0. The summed E-state index contributed by atoms with van der Waals surface area (Å²) in [5, 5.41) is 0. The quantitative estimate of drug-likeness (QED) is 0.729. The topological polar surface area (TPSA) is 16.1 Å². The van der Waals surface area contributed by atoms with Crippen molar-refractivity contribution < 1.29 is 0 Å². The molecular weight excluding hydrogens is 172 g/mol. The van der Waals surface area contributed by atoms with Crippen molar-refractivity contribution in [2.24, 2.45) is 0 Å². The van der Waals surface area contributed by atoms with Crippen molar-refractivity contribution in [2.75, 3.05) is 18.0 Å². The van der Waals surface area contributed by atoms with E-state index in [0.717, 1.165) is 13.1 Å². The lowest BCUT2D eigenvalue weighted by Crippen LogP contribution is -2.22. The van der Waals surface area contributed by atoms with Gasteiger partial charge in [0.15, 0.2) is 0 Å². The number of nitrogens with zero attached hydrogens (tertiary/aromatic N) is 2. The van der Waals surface area contributed by atoms with E-state index in [1.165, 1.54) is 11.3 Å². The van der Waals surface area contributed by atoms with Gasteiger partial charge in [-0.15, -0.1) is 0 Å². The molecule has 0 atom stereocenters. The highest BCUT2D eigenvalue weighted by Crippen LogP contribution is 2.19. The van der Waals surface area contributed by atoms with Crippen molar-refractivity contribution >= 4 is 5.69 Å². The molecule has 0 N–H and O–H groups in total. The van der Waals surface area contributed by atoms with Crippen LogP contribution in [0.15, 0.2) is 18.5 Å². The van der Waals surface area contributed by atoms with Gasteiger partial charge in [-0.2, -0.15) is 0 Å². The number of hydrogen-bond acceptors (Lipinski definition) is 2. The second kappa shape index (κ2) is 4.99. The Balaban J connectivity index is 2.92. The van der Waals surface area contributed by atoms with Crippen LogP contribution in [0.2, 0.25) is 0 Å². The van der Waals surface area contributed by atoms with Crippen molar-refractivity contribution in [1.29, 1.82) is 0 Å². The van der Waals surface area contributed by atoms with Crippen LogP contribution >= 0.6 is 0 Å². The van der Waals surface area contributed by atoms with Crippen LogP contribution in [-0.2, 0) is 0 Å². The molecular formula is C12H20N2. The normalized spacial score (nSPS) is 10.6. The highest BCUT2D eigenvalue weighted by atomic mass is 15.1. The first-order valence-electron chi connectivity index (χ1n) is 5.38. The summed E-state index contributed by atoms with van der Waals surface area (Å²) in [5.41, 5.74) is 2.55. The van der Waals surface area contributed by atoms with Gasteiger partial charge in [-0.3, -0.25) is 4.98 Å². The molecule has 0 unspecified atom stereocenters. The maximum absolute atomic E-state index is 4.28. The van der Waals surface area contributed by atoms with Gasteiger partial charge < -0.3 is 4.90 Å². The summed E-state index contributed by atoms with van der Waals surface area (Å²) in [4.78, 5) is 6.60. The molecule has 0 bridgehead atoms. The van der Waals surface area contributed by atoms with Crippen molar-refractivity contribution in [2.45, 2.75) is 33.6 Å². The van der Waals surface area contributed by atoms with E-state index in [2.05, 4.69) is 43.6 Å². The molecule has 2 nitrogen and oxygen atoms in total. The Hall–Kier alpha value is -1.05. The first-order chi connectivity index (χ1) is 6.69. The van der Waals surface area contributed by atoms with Crippen molar-refractivity contribution in [3.63, 3.8) is 0 Å². The SMILES string of the molecule is CCN(CC)c1cncc(C(C)C)c1. The van der Waals surface area contributed by atoms with E-state index < -0.39 is 0 Å². The minimum Gasteiger partial charge on any atom is -0.371 e. The molecule has 78 valence electrons. The minimum atomic E-state index is 0.554. The lowest BCUT2D eigenvalue weighted by Gasteiger charge is -2.21. The van der Waals surface area contributed by atoms with Crippen LogP contribution in [0.4, 0.5) is 5.69 Å². The third-order valence-electron chi connectivity index (χ3n) is 2.54. The Morgan fingerprint density at radius 2 is 1.86 bits per heavy atom. The average Bonchev–Trinajstić information content (AvgIpc) is 2.20. The van der Waals surface area contributed by atoms with E-state index in [1.54, 1.807) is 0 Å². The monoisotopic (exact) mass is 192 g/mol. The Labute approximate surface area is 87.0 Å². The molecule has 0 saturated heterocycles. The molecule has 1 heterocycles. The number of anilines is 1. The fourth-order valence-electron chi connectivity index (χ4n) is 1.52. The number of aromatic nitrogens is 1. The number of hydrogen-bond donors (Lipinski definition) is 0. The van der Waals surface area contributed by atoms with Gasteiger partial charge in [-0.1, -0.05) is 13.8 Å². The van der Waals surface area contributed by atoms with Gasteiger partial charge in [-0.05, 0) is 31.4 Å². The second-order valence-electron chi connectivity index (χ2n) is 3.80. The van der Waals surface area contributed by atoms with Gasteiger partial charge in [-0.25, -0.2) is 0 Å². The third-order valence-corrected chi connectivity index (χ3v) is 2.54. The molecule has 0 aliphatic carbocycles. The Bertz CT molecular complexity index is 277. The molecule has 0 aliphatic heterocycles. The van der Waals surface area contributed by atoms with E-state index in [1.807, 2.05) is 12.4 Å². The van der Waals surface area contributed by atoms with Crippen LogP contribution < -0.4 is 4.90 Å². The Morgan fingerprint density at radius 1 is 1.21 bits per heavy atom. The van der Waals surface area contributed by atoms with Gasteiger partial charge in [0, 0.05) is 19.3 Å². The van der Waals surface area contributed by atoms with Crippen LogP contribution in [-0.4, -0.2) is 18.1 Å². The largest absolute Gasteiger partial charge is 0.371 e. The van der Waals surface area contributed by atoms with E-state index in [-0.39, 0.29) is 0 Å². The van der Waals surface area contributed by atoms with E-state index in [9.17, 15) is 0 Å². The first-order valence-corrected chi connectivity index (χ1v) is 5.38. The lowest BCUT2D eigenvalue weighted by molar-refractivity contribution is 0.835. The molecule has 0 radical (unpaired) electrons. The van der Waals surface area contributed by atoms with Crippen LogP contribution in [0.3, 0.4) is 0 Å². The standard InChI is InChI=1S/C12H20N2/c1-5-14(6-2)12-7-11(10(3)4)8-13-9-12/h7-10H,5-6H2,1-4H3. The van der Waals surface area contributed by atoms with Gasteiger partial charge in [0.25, 0.3) is 0 Å². The summed E-state index contributed by atoms with van der Waals surface area (Å²) < 4.78 is 0. The van der Waals surface area contributed by atoms with Crippen molar-refractivity contribution in [1.82, 2.24) is 4.98 Å². The van der Waals surface area contributed by atoms with E-state index >= 15 is 0 Å². The van der Waals surface area contributed by atoms with Crippen LogP contribution in [0.1, 0.15) is 39.2 Å². The predicted molar refractivity (Wildman–Crippen MR) is 61.9 cm³/mol. The summed E-state index contributed by atoms with van der Waals surface area (Å²) in [6.07, 6.45) is 3.90. The Morgan fingerprint density at radius 3 is 2.36 bits per heavy atom. The van der Waals surface area contributed by atoms with Gasteiger partial charge >= 0.3 is 0 Å². The summed E-state index contributed by atoms with van der Waals surface area (Å²) in [5.74, 6) is 0.554. The molecule has 14 heavy (non-hydrogen) atoms. The third kappa shape index (κ3) is 2.47. The zero-order chi connectivity index (χ0) is 10.6. The fourth-order valence-corrected chi connectivity index (χ4v) is 1.52. The predicted octanol–water partition coefficient (Wildman–Crippen LogP) is 3.05. The number of rotatable bonds is 4. The highest BCUT2D eigenvalue weighted by Gasteiger charge is 2.05.